The summed E-state index contributed by atoms with van der Waals surface area (Å²) in [7, 11) is 2.89. The van der Waals surface area contributed by atoms with Gasteiger partial charge in [-0.05, 0) is 61.9 Å². The van der Waals surface area contributed by atoms with Gasteiger partial charge >= 0.3 is 5.97 Å². The van der Waals surface area contributed by atoms with E-state index in [1.54, 1.807) is 56.3 Å². The zero-order valence-electron chi connectivity index (χ0n) is 21.3. The molecule has 2 N–H and O–H groups in total. The smallest absolute Gasteiger partial charge is 0.338 e. The van der Waals surface area contributed by atoms with Crippen molar-refractivity contribution in [2.75, 3.05) is 19.1 Å². The Balaban J connectivity index is 1.92. The summed E-state index contributed by atoms with van der Waals surface area (Å²) in [5.74, 6) is -2.16. The standard InChI is InChI=1S/C29H27NO8/c1-16(2)38-29(35)18-6-5-7-19(14-18)30-25(17-8-10-20(31)11-9-17)24(27(33)28(30)34)26(32)22-13-12-21(36-3)15-23(22)37-4/h5-16,25,31-32H,1-4H3/b26-24-. The molecule has 0 bridgehead atoms. The van der Waals surface area contributed by atoms with E-state index in [2.05, 4.69) is 0 Å². The molecule has 9 heteroatoms. The number of esters is 1. The summed E-state index contributed by atoms with van der Waals surface area (Å²) in [6, 6.07) is 15.7. The monoisotopic (exact) mass is 517 g/mol. The van der Waals surface area contributed by atoms with E-state index in [-0.39, 0.29) is 40.0 Å². The Morgan fingerprint density at radius 3 is 2.29 bits per heavy atom. The summed E-state index contributed by atoms with van der Waals surface area (Å²) in [6.07, 6.45) is -0.350. The van der Waals surface area contributed by atoms with E-state index in [4.69, 9.17) is 14.2 Å². The minimum absolute atomic E-state index is 0.0130. The summed E-state index contributed by atoms with van der Waals surface area (Å²) < 4.78 is 15.9. The second-order valence-corrected chi connectivity index (χ2v) is 8.83. The van der Waals surface area contributed by atoms with Gasteiger partial charge in [0, 0.05) is 11.8 Å². The van der Waals surface area contributed by atoms with E-state index < -0.39 is 29.5 Å². The van der Waals surface area contributed by atoms with Crippen LogP contribution in [0, 0.1) is 0 Å². The van der Waals surface area contributed by atoms with Gasteiger partial charge in [0.05, 0.1) is 43.1 Å². The topological polar surface area (TPSA) is 123 Å². The first-order valence-corrected chi connectivity index (χ1v) is 11.8. The fourth-order valence-electron chi connectivity index (χ4n) is 4.27. The molecular weight excluding hydrogens is 490 g/mol. The van der Waals surface area contributed by atoms with Crippen LogP contribution in [0.15, 0.2) is 72.3 Å². The minimum Gasteiger partial charge on any atom is -0.508 e. The van der Waals surface area contributed by atoms with E-state index in [1.807, 2.05) is 0 Å². The number of anilines is 1. The van der Waals surface area contributed by atoms with Crippen LogP contribution in [0.5, 0.6) is 17.2 Å². The Kier molecular flexibility index (Phi) is 7.38. The zero-order valence-corrected chi connectivity index (χ0v) is 21.3. The molecule has 1 saturated heterocycles. The van der Waals surface area contributed by atoms with Crippen molar-refractivity contribution >= 4 is 29.1 Å². The van der Waals surface area contributed by atoms with Crippen molar-refractivity contribution in [3.05, 3.63) is 89.0 Å². The third-order valence-corrected chi connectivity index (χ3v) is 6.02. The first-order valence-electron chi connectivity index (χ1n) is 11.8. The van der Waals surface area contributed by atoms with Gasteiger partial charge in [0.25, 0.3) is 11.7 Å². The number of ketones is 1. The molecule has 196 valence electrons. The number of rotatable bonds is 7. The predicted octanol–water partition coefficient (Wildman–Crippen LogP) is 4.60. The highest BCUT2D eigenvalue weighted by Gasteiger charge is 2.47. The molecule has 3 aromatic rings. The van der Waals surface area contributed by atoms with Crippen LogP contribution in [0.4, 0.5) is 5.69 Å². The highest BCUT2D eigenvalue weighted by molar-refractivity contribution is 6.51. The van der Waals surface area contributed by atoms with Gasteiger partial charge in [-0.25, -0.2) is 4.79 Å². The molecule has 0 radical (unpaired) electrons. The molecule has 1 unspecified atom stereocenters. The quantitative estimate of drug-likeness (QED) is 0.202. The van der Waals surface area contributed by atoms with Crippen LogP contribution in [0.1, 0.15) is 41.4 Å². The Labute approximate surface area is 219 Å². The van der Waals surface area contributed by atoms with Gasteiger partial charge in [-0.2, -0.15) is 0 Å². The van der Waals surface area contributed by atoms with Gasteiger partial charge in [0.1, 0.15) is 23.0 Å². The lowest BCUT2D eigenvalue weighted by Gasteiger charge is -2.26. The number of ether oxygens (including phenoxy) is 3. The molecule has 1 fully saturated rings. The zero-order chi connectivity index (χ0) is 27.6. The summed E-state index contributed by atoms with van der Waals surface area (Å²) in [5.41, 5.74) is 0.901. The summed E-state index contributed by atoms with van der Waals surface area (Å²) in [4.78, 5) is 40.6. The largest absolute Gasteiger partial charge is 0.508 e. The third kappa shape index (κ3) is 4.90. The second kappa shape index (κ2) is 10.7. The summed E-state index contributed by atoms with van der Waals surface area (Å²) in [5, 5.41) is 21.3. The van der Waals surface area contributed by atoms with Crippen LogP contribution in [0.2, 0.25) is 0 Å². The van der Waals surface area contributed by atoms with Crippen LogP contribution in [-0.2, 0) is 14.3 Å². The average molecular weight is 518 g/mol. The van der Waals surface area contributed by atoms with E-state index in [0.29, 0.717) is 11.3 Å². The maximum atomic E-state index is 13.4. The number of Topliss-reactive ketones (excluding diaryl/α,β-unsaturated/α-hetero) is 1. The molecule has 0 spiro atoms. The number of nitrogens with zero attached hydrogens (tertiary/aromatic N) is 1. The van der Waals surface area contributed by atoms with Crippen LogP contribution >= 0.6 is 0 Å². The lowest BCUT2D eigenvalue weighted by atomic mass is 9.94. The van der Waals surface area contributed by atoms with E-state index >= 15 is 0 Å². The van der Waals surface area contributed by atoms with Crippen molar-refractivity contribution in [2.45, 2.75) is 26.0 Å². The number of carbonyl (C=O) groups is 3. The van der Waals surface area contributed by atoms with Gasteiger partial charge < -0.3 is 24.4 Å². The highest BCUT2D eigenvalue weighted by Crippen LogP contribution is 2.44. The first-order chi connectivity index (χ1) is 18.2. The molecule has 1 heterocycles. The number of phenolic OH excluding ortho intramolecular Hbond substituents is 1. The van der Waals surface area contributed by atoms with Gasteiger partial charge in [-0.15, -0.1) is 0 Å². The number of hydrogen-bond acceptors (Lipinski definition) is 8. The number of methoxy groups -OCH3 is 2. The third-order valence-electron chi connectivity index (χ3n) is 6.02. The van der Waals surface area contributed by atoms with Crippen molar-refractivity contribution in [3.63, 3.8) is 0 Å². The fraction of sp³-hybridized carbons (Fsp3) is 0.207. The van der Waals surface area contributed by atoms with Crippen molar-refractivity contribution < 1.29 is 38.8 Å². The molecule has 1 atom stereocenters. The molecular formula is C29H27NO8. The van der Waals surface area contributed by atoms with E-state index in [9.17, 15) is 24.6 Å². The molecule has 1 amide bonds. The van der Waals surface area contributed by atoms with Crippen LogP contribution < -0.4 is 14.4 Å². The van der Waals surface area contributed by atoms with Crippen molar-refractivity contribution in [2.24, 2.45) is 0 Å². The van der Waals surface area contributed by atoms with Gasteiger partial charge in [-0.1, -0.05) is 18.2 Å². The van der Waals surface area contributed by atoms with Crippen LogP contribution in [0.25, 0.3) is 5.76 Å². The lowest BCUT2D eigenvalue weighted by Crippen LogP contribution is -2.29. The molecule has 0 saturated carbocycles. The maximum Gasteiger partial charge on any atom is 0.338 e. The SMILES string of the molecule is COc1ccc(/C(O)=C2/C(=O)C(=O)N(c3cccc(C(=O)OC(C)C)c3)C2c2ccc(O)cc2)c(OC)c1. The number of carbonyl (C=O) groups excluding carboxylic acids is 3. The molecule has 0 aromatic heterocycles. The van der Waals surface area contributed by atoms with Crippen molar-refractivity contribution in [1.82, 2.24) is 0 Å². The van der Waals surface area contributed by atoms with Gasteiger partial charge in [0.15, 0.2) is 0 Å². The molecule has 3 aromatic carbocycles. The lowest BCUT2D eigenvalue weighted by molar-refractivity contribution is -0.132. The van der Waals surface area contributed by atoms with Gasteiger partial charge in [0.2, 0.25) is 0 Å². The Morgan fingerprint density at radius 1 is 0.947 bits per heavy atom. The fourth-order valence-corrected chi connectivity index (χ4v) is 4.27. The molecule has 9 nitrogen and oxygen atoms in total. The number of aromatic hydroxyl groups is 1. The molecule has 1 aliphatic heterocycles. The average Bonchev–Trinajstić information content (AvgIpc) is 3.18. The Bertz CT molecular complexity index is 1420. The number of benzene rings is 3. The number of phenols is 1. The van der Waals surface area contributed by atoms with E-state index in [1.165, 1.54) is 43.4 Å². The molecule has 1 aliphatic rings. The number of hydrogen-bond donors (Lipinski definition) is 2. The van der Waals surface area contributed by atoms with E-state index in [0.717, 1.165) is 0 Å². The number of aliphatic hydroxyl groups is 1. The van der Waals surface area contributed by atoms with Crippen LogP contribution in [0.3, 0.4) is 0 Å². The number of aliphatic hydroxyl groups excluding tert-OH is 1. The van der Waals surface area contributed by atoms with Crippen molar-refractivity contribution in [1.29, 1.82) is 0 Å². The Morgan fingerprint density at radius 2 is 1.66 bits per heavy atom. The van der Waals surface area contributed by atoms with Crippen LogP contribution in [-0.4, -0.2) is 48.2 Å². The van der Waals surface area contributed by atoms with Gasteiger partial charge in [-0.3, -0.25) is 14.5 Å². The summed E-state index contributed by atoms with van der Waals surface area (Å²) in [6.45, 7) is 3.44. The second-order valence-electron chi connectivity index (χ2n) is 8.83. The highest BCUT2D eigenvalue weighted by atomic mass is 16.5. The summed E-state index contributed by atoms with van der Waals surface area (Å²) >= 11 is 0. The predicted molar refractivity (Wildman–Crippen MR) is 139 cm³/mol. The maximum absolute atomic E-state index is 13.4. The Hall–Kier alpha value is -4.79. The molecule has 0 aliphatic carbocycles. The molecule has 38 heavy (non-hydrogen) atoms. The normalized spacial score (nSPS) is 16.6. The minimum atomic E-state index is -1.07. The molecule has 4 rings (SSSR count). The number of amides is 1. The van der Waals surface area contributed by atoms with Crippen molar-refractivity contribution in [3.8, 4) is 17.2 Å². The first kappa shape index (κ1) is 26.3.